The Bertz CT molecular complexity index is 128. The molecule has 1 unspecified atom stereocenters. The molecule has 0 spiro atoms. The fourth-order valence-electron chi connectivity index (χ4n) is 1.52. The van der Waals surface area contributed by atoms with Crippen molar-refractivity contribution in [1.82, 2.24) is 10.6 Å². The third-order valence-corrected chi connectivity index (χ3v) is 2.54. The molecule has 1 rings (SSSR count). The Labute approximate surface area is 75.4 Å². The second-order valence-corrected chi connectivity index (χ2v) is 3.63. The van der Waals surface area contributed by atoms with E-state index >= 15 is 0 Å². The molecule has 2 heteroatoms. The first-order chi connectivity index (χ1) is 5.83. The van der Waals surface area contributed by atoms with E-state index in [1.165, 1.54) is 25.9 Å². The molecule has 0 bridgehead atoms. The van der Waals surface area contributed by atoms with Crippen molar-refractivity contribution in [3.8, 4) is 0 Å². The third-order valence-electron chi connectivity index (χ3n) is 2.54. The van der Waals surface area contributed by atoms with E-state index in [2.05, 4.69) is 24.1 Å². The number of hydrogen-bond acceptors (Lipinski definition) is 2. The van der Waals surface area contributed by atoms with E-state index in [1.807, 2.05) is 6.08 Å². The van der Waals surface area contributed by atoms with E-state index in [0.717, 1.165) is 12.5 Å². The zero-order valence-corrected chi connectivity index (χ0v) is 7.97. The highest BCUT2D eigenvalue weighted by molar-refractivity contribution is 4.82. The van der Waals surface area contributed by atoms with Crippen molar-refractivity contribution < 1.29 is 0 Å². The highest BCUT2D eigenvalue weighted by Crippen LogP contribution is 2.09. The molecule has 2 N–H and O–H groups in total. The van der Waals surface area contributed by atoms with Crippen LogP contribution in [0, 0.1) is 5.92 Å². The summed E-state index contributed by atoms with van der Waals surface area (Å²) >= 11 is 0. The van der Waals surface area contributed by atoms with Crippen LogP contribution in [-0.4, -0.2) is 25.7 Å². The van der Waals surface area contributed by atoms with Crippen molar-refractivity contribution in [1.29, 1.82) is 0 Å². The molecular formula is C10H20N2. The monoisotopic (exact) mass is 168 g/mol. The summed E-state index contributed by atoms with van der Waals surface area (Å²) < 4.78 is 0. The Balaban J connectivity index is 2.08. The van der Waals surface area contributed by atoms with Gasteiger partial charge in [0.15, 0.2) is 0 Å². The fourth-order valence-corrected chi connectivity index (χ4v) is 1.52. The lowest BCUT2D eigenvalue weighted by atomic mass is 9.98. The highest BCUT2D eigenvalue weighted by atomic mass is 14.9. The third kappa shape index (κ3) is 3.37. The quantitative estimate of drug-likeness (QED) is 0.615. The van der Waals surface area contributed by atoms with Gasteiger partial charge in [-0.15, -0.1) is 6.58 Å². The van der Waals surface area contributed by atoms with Crippen LogP contribution in [0.3, 0.4) is 0 Å². The standard InChI is InChI=1S/C10H20N2/c1-3-9(2)12-8-10-4-6-11-7-5-10/h3,9-12H,1,4-8H2,2H3. The Morgan fingerprint density at radius 1 is 1.58 bits per heavy atom. The van der Waals surface area contributed by atoms with Crippen LogP contribution in [0.25, 0.3) is 0 Å². The summed E-state index contributed by atoms with van der Waals surface area (Å²) in [7, 11) is 0. The van der Waals surface area contributed by atoms with Gasteiger partial charge >= 0.3 is 0 Å². The Hall–Kier alpha value is -0.340. The van der Waals surface area contributed by atoms with Crippen molar-refractivity contribution in [2.75, 3.05) is 19.6 Å². The molecule has 1 heterocycles. The molecule has 70 valence electrons. The van der Waals surface area contributed by atoms with Crippen molar-refractivity contribution in [3.05, 3.63) is 12.7 Å². The largest absolute Gasteiger partial charge is 0.317 e. The zero-order valence-electron chi connectivity index (χ0n) is 7.97. The van der Waals surface area contributed by atoms with Crippen LogP contribution in [-0.2, 0) is 0 Å². The van der Waals surface area contributed by atoms with Gasteiger partial charge in [0.1, 0.15) is 0 Å². The maximum atomic E-state index is 3.75. The Morgan fingerprint density at radius 2 is 2.25 bits per heavy atom. The van der Waals surface area contributed by atoms with Crippen LogP contribution >= 0.6 is 0 Å². The van der Waals surface area contributed by atoms with Crippen molar-refractivity contribution >= 4 is 0 Å². The lowest BCUT2D eigenvalue weighted by molar-refractivity contribution is 0.352. The molecule has 0 aromatic carbocycles. The van der Waals surface area contributed by atoms with Gasteiger partial charge in [0.25, 0.3) is 0 Å². The molecule has 0 aliphatic carbocycles. The van der Waals surface area contributed by atoms with Gasteiger partial charge < -0.3 is 10.6 Å². The van der Waals surface area contributed by atoms with Crippen LogP contribution in [0.15, 0.2) is 12.7 Å². The van der Waals surface area contributed by atoms with Gasteiger partial charge in [-0.1, -0.05) is 6.08 Å². The normalized spacial score (nSPS) is 22.1. The molecule has 1 aliphatic rings. The molecule has 0 aromatic rings. The summed E-state index contributed by atoms with van der Waals surface area (Å²) in [4.78, 5) is 0. The van der Waals surface area contributed by atoms with Gasteiger partial charge in [-0.25, -0.2) is 0 Å². The number of rotatable bonds is 4. The molecule has 1 atom stereocenters. The Kier molecular flexibility index (Phi) is 4.33. The molecule has 1 fully saturated rings. The maximum absolute atomic E-state index is 3.75. The van der Waals surface area contributed by atoms with Crippen molar-refractivity contribution in [3.63, 3.8) is 0 Å². The zero-order chi connectivity index (χ0) is 8.81. The molecule has 2 nitrogen and oxygen atoms in total. The van der Waals surface area contributed by atoms with Gasteiger partial charge in [-0.05, 0) is 45.3 Å². The number of piperidine rings is 1. The van der Waals surface area contributed by atoms with Crippen LogP contribution < -0.4 is 10.6 Å². The molecule has 0 saturated carbocycles. The summed E-state index contributed by atoms with van der Waals surface area (Å²) in [6.07, 6.45) is 4.59. The Morgan fingerprint density at radius 3 is 2.83 bits per heavy atom. The van der Waals surface area contributed by atoms with Gasteiger partial charge in [-0.3, -0.25) is 0 Å². The predicted molar refractivity (Wildman–Crippen MR) is 53.3 cm³/mol. The van der Waals surface area contributed by atoms with E-state index < -0.39 is 0 Å². The van der Waals surface area contributed by atoms with Crippen LogP contribution in [0.4, 0.5) is 0 Å². The van der Waals surface area contributed by atoms with Gasteiger partial charge in [0, 0.05) is 6.04 Å². The predicted octanol–water partition coefficient (Wildman–Crippen LogP) is 1.15. The lowest BCUT2D eigenvalue weighted by Gasteiger charge is -2.23. The van der Waals surface area contributed by atoms with E-state index in [9.17, 15) is 0 Å². The average molecular weight is 168 g/mol. The first kappa shape index (κ1) is 9.75. The van der Waals surface area contributed by atoms with Crippen LogP contribution in [0.2, 0.25) is 0 Å². The topological polar surface area (TPSA) is 24.1 Å². The summed E-state index contributed by atoms with van der Waals surface area (Å²) in [5.41, 5.74) is 0. The summed E-state index contributed by atoms with van der Waals surface area (Å²) in [5.74, 6) is 0.869. The van der Waals surface area contributed by atoms with Crippen molar-refractivity contribution in [2.45, 2.75) is 25.8 Å². The second kappa shape index (κ2) is 5.33. The minimum absolute atomic E-state index is 0.458. The fraction of sp³-hybridized carbons (Fsp3) is 0.800. The molecule has 0 radical (unpaired) electrons. The molecule has 1 aliphatic heterocycles. The first-order valence-corrected chi connectivity index (χ1v) is 4.89. The van der Waals surface area contributed by atoms with Gasteiger partial charge in [-0.2, -0.15) is 0 Å². The average Bonchev–Trinajstić information content (AvgIpc) is 2.16. The van der Waals surface area contributed by atoms with E-state index in [0.29, 0.717) is 6.04 Å². The molecule has 0 aromatic heterocycles. The van der Waals surface area contributed by atoms with Gasteiger partial charge in [0.2, 0.25) is 0 Å². The van der Waals surface area contributed by atoms with E-state index in [1.54, 1.807) is 0 Å². The summed E-state index contributed by atoms with van der Waals surface area (Å²) in [5, 5.41) is 6.82. The smallest absolute Gasteiger partial charge is 0.0219 e. The first-order valence-electron chi connectivity index (χ1n) is 4.89. The maximum Gasteiger partial charge on any atom is 0.0219 e. The van der Waals surface area contributed by atoms with E-state index in [4.69, 9.17) is 0 Å². The summed E-state index contributed by atoms with van der Waals surface area (Å²) in [6.45, 7) is 9.42. The molecule has 1 saturated heterocycles. The SMILES string of the molecule is C=CC(C)NCC1CCNCC1. The molecule has 0 amide bonds. The molecule has 12 heavy (non-hydrogen) atoms. The second-order valence-electron chi connectivity index (χ2n) is 3.63. The minimum Gasteiger partial charge on any atom is -0.317 e. The minimum atomic E-state index is 0.458. The van der Waals surface area contributed by atoms with Crippen LogP contribution in [0.1, 0.15) is 19.8 Å². The summed E-state index contributed by atoms with van der Waals surface area (Å²) in [6, 6.07) is 0.458. The van der Waals surface area contributed by atoms with E-state index in [-0.39, 0.29) is 0 Å². The van der Waals surface area contributed by atoms with Gasteiger partial charge in [0.05, 0.1) is 0 Å². The highest BCUT2D eigenvalue weighted by Gasteiger charge is 2.12. The molecular weight excluding hydrogens is 148 g/mol. The van der Waals surface area contributed by atoms with Crippen molar-refractivity contribution in [2.24, 2.45) is 5.92 Å². The van der Waals surface area contributed by atoms with Crippen LogP contribution in [0.5, 0.6) is 0 Å². The lowest BCUT2D eigenvalue weighted by Crippen LogP contribution is -2.36. The number of nitrogens with one attached hydrogen (secondary N) is 2. The number of hydrogen-bond donors (Lipinski definition) is 2.